The third-order valence-electron chi connectivity index (χ3n) is 3.75. The van der Waals surface area contributed by atoms with Gasteiger partial charge in [0.25, 0.3) is 0 Å². The lowest BCUT2D eigenvalue weighted by atomic mass is 9.96. The van der Waals surface area contributed by atoms with Crippen LogP contribution in [-0.2, 0) is 6.18 Å². The van der Waals surface area contributed by atoms with Gasteiger partial charge >= 0.3 is 6.18 Å². The quantitative estimate of drug-likeness (QED) is 0.834. The van der Waals surface area contributed by atoms with E-state index in [2.05, 4.69) is 5.32 Å². The van der Waals surface area contributed by atoms with Crippen LogP contribution in [0.15, 0.2) is 48.5 Å². The molecule has 2 N–H and O–H groups in total. The number of rotatable bonds is 6. The van der Waals surface area contributed by atoms with Crippen LogP contribution >= 0.6 is 0 Å². The van der Waals surface area contributed by atoms with Gasteiger partial charge in [0.2, 0.25) is 0 Å². The molecular formula is C18H17F3N2O. The van der Waals surface area contributed by atoms with Crippen molar-refractivity contribution in [3.8, 4) is 6.07 Å². The van der Waals surface area contributed by atoms with Crippen LogP contribution in [0.4, 0.5) is 18.9 Å². The number of hydrogen-bond acceptors (Lipinski definition) is 3. The van der Waals surface area contributed by atoms with Gasteiger partial charge < -0.3 is 10.4 Å². The highest BCUT2D eigenvalue weighted by atomic mass is 19.4. The Morgan fingerprint density at radius 2 is 1.83 bits per heavy atom. The van der Waals surface area contributed by atoms with Crippen molar-refractivity contribution in [1.29, 1.82) is 5.26 Å². The molecule has 3 nitrogen and oxygen atoms in total. The second kappa shape index (κ2) is 7.84. The Bertz CT molecular complexity index is 708. The van der Waals surface area contributed by atoms with Crippen LogP contribution in [0.25, 0.3) is 0 Å². The summed E-state index contributed by atoms with van der Waals surface area (Å²) < 4.78 is 39.0. The first-order chi connectivity index (χ1) is 11.5. The summed E-state index contributed by atoms with van der Waals surface area (Å²) in [6, 6.07) is 14.6. The highest BCUT2D eigenvalue weighted by Gasteiger charge is 2.33. The maximum atomic E-state index is 13.0. The van der Waals surface area contributed by atoms with Gasteiger partial charge in [-0.15, -0.1) is 0 Å². The summed E-state index contributed by atoms with van der Waals surface area (Å²) in [7, 11) is 0. The molecule has 1 atom stereocenters. The summed E-state index contributed by atoms with van der Waals surface area (Å²) in [6.45, 7) is 0.371. The third kappa shape index (κ3) is 4.49. The Balaban J connectivity index is 2.17. The fraction of sp³-hybridized carbons (Fsp3) is 0.278. The molecule has 0 spiro atoms. The van der Waals surface area contributed by atoms with E-state index >= 15 is 0 Å². The molecule has 0 aliphatic rings. The fourth-order valence-electron chi connectivity index (χ4n) is 2.49. The van der Waals surface area contributed by atoms with E-state index in [0.29, 0.717) is 18.7 Å². The average molecular weight is 334 g/mol. The molecule has 2 rings (SSSR count). The minimum atomic E-state index is -4.58. The lowest BCUT2D eigenvalue weighted by Crippen LogP contribution is -2.15. The van der Waals surface area contributed by atoms with Crippen LogP contribution in [0.3, 0.4) is 0 Å². The molecule has 0 heterocycles. The number of nitrogens with one attached hydrogen (secondary N) is 1. The van der Waals surface area contributed by atoms with Crippen molar-refractivity contribution in [2.75, 3.05) is 18.5 Å². The standard InChI is InChI=1S/C18H17F3N2O/c19-18(20,21)17-10-16(7-6-14(17)11-22)23-12-15(8-9-24)13-4-2-1-3-5-13/h1-7,10,15,23-24H,8-9,12H2. The molecule has 1 unspecified atom stereocenters. The normalized spacial score (nSPS) is 12.5. The first-order valence-electron chi connectivity index (χ1n) is 7.46. The van der Waals surface area contributed by atoms with Crippen molar-refractivity contribution < 1.29 is 18.3 Å². The lowest BCUT2D eigenvalue weighted by molar-refractivity contribution is -0.137. The Kier molecular flexibility index (Phi) is 5.83. The zero-order valence-electron chi connectivity index (χ0n) is 12.8. The zero-order chi connectivity index (χ0) is 17.6. The van der Waals surface area contributed by atoms with Crippen molar-refractivity contribution in [3.05, 3.63) is 65.2 Å². The van der Waals surface area contributed by atoms with E-state index < -0.39 is 17.3 Å². The summed E-state index contributed by atoms with van der Waals surface area (Å²) >= 11 is 0. The number of alkyl halides is 3. The number of halogens is 3. The highest BCUT2D eigenvalue weighted by Crippen LogP contribution is 2.33. The topological polar surface area (TPSA) is 56.0 Å². The van der Waals surface area contributed by atoms with E-state index in [9.17, 15) is 18.3 Å². The lowest BCUT2D eigenvalue weighted by Gasteiger charge is -2.19. The van der Waals surface area contributed by atoms with Gasteiger partial charge in [0, 0.05) is 24.8 Å². The van der Waals surface area contributed by atoms with Crippen LogP contribution in [0.5, 0.6) is 0 Å². The van der Waals surface area contributed by atoms with Gasteiger partial charge in [0.1, 0.15) is 0 Å². The number of hydrogen-bond donors (Lipinski definition) is 2. The first-order valence-corrected chi connectivity index (χ1v) is 7.46. The van der Waals surface area contributed by atoms with Gasteiger partial charge in [0.15, 0.2) is 0 Å². The second-order valence-corrected chi connectivity index (χ2v) is 5.37. The molecule has 2 aromatic carbocycles. The fourth-order valence-corrected chi connectivity index (χ4v) is 2.49. The Labute approximate surface area is 138 Å². The van der Waals surface area contributed by atoms with Gasteiger partial charge in [-0.05, 0) is 30.2 Å². The van der Waals surface area contributed by atoms with Gasteiger partial charge in [-0.2, -0.15) is 18.4 Å². The summed E-state index contributed by atoms with van der Waals surface area (Å²) in [5, 5.41) is 21.0. The van der Waals surface area contributed by atoms with Crippen molar-refractivity contribution in [2.45, 2.75) is 18.5 Å². The molecule has 0 aliphatic carbocycles. The maximum absolute atomic E-state index is 13.0. The van der Waals surface area contributed by atoms with E-state index in [1.165, 1.54) is 6.07 Å². The summed E-state index contributed by atoms with van der Waals surface area (Å²) in [5.74, 6) is -0.0267. The molecule has 0 saturated carbocycles. The number of nitriles is 1. The minimum Gasteiger partial charge on any atom is -0.396 e. The van der Waals surface area contributed by atoms with Gasteiger partial charge in [-0.3, -0.25) is 0 Å². The first kappa shape index (κ1) is 17.8. The van der Waals surface area contributed by atoms with E-state index in [0.717, 1.165) is 17.7 Å². The smallest absolute Gasteiger partial charge is 0.396 e. The summed E-state index contributed by atoms with van der Waals surface area (Å²) in [6.07, 6.45) is -4.08. The van der Waals surface area contributed by atoms with Crippen molar-refractivity contribution >= 4 is 5.69 Å². The number of benzene rings is 2. The largest absolute Gasteiger partial charge is 0.417 e. The molecule has 0 bridgehead atoms. The predicted octanol–water partition coefficient (Wildman–Crippen LogP) is 4.16. The van der Waals surface area contributed by atoms with E-state index in [4.69, 9.17) is 5.26 Å². The average Bonchev–Trinajstić information content (AvgIpc) is 2.58. The van der Waals surface area contributed by atoms with Crippen LogP contribution < -0.4 is 5.32 Å². The van der Waals surface area contributed by atoms with Gasteiger partial charge in [-0.1, -0.05) is 30.3 Å². The molecule has 6 heteroatoms. The highest BCUT2D eigenvalue weighted by molar-refractivity contribution is 5.53. The number of aliphatic hydroxyl groups excluding tert-OH is 1. The molecule has 0 amide bonds. The summed E-state index contributed by atoms with van der Waals surface area (Å²) in [5.41, 5.74) is -0.0552. The monoisotopic (exact) mass is 334 g/mol. The molecule has 24 heavy (non-hydrogen) atoms. The predicted molar refractivity (Wildman–Crippen MR) is 85.5 cm³/mol. The van der Waals surface area contributed by atoms with Crippen molar-refractivity contribution in [2.24, 2.45) is 0 Å². The van der Waals surface area contributed by atoms with Crippen molar-refractivity contribution in [3.63, 3.8) is 0 Å². The molecule has 126 valence electrons. The number of anilines is 1. The number of nitrogens with zero attached hydrogens (tertiary/aromatic N) is 1. The molecular weight excluding hydrogens is 317 g/mol. The minimum absolute atomic E-state index is 0.0115. The zero-order valence-corrected chi connectivity index (χ0v) is 12.8. The molecule has 0 aliphatic heterocycles. The van der Waals surface area contributed by atoms with E-state index in [-0.39, 0.29) is 12.5 Å². The maximum Gasteiger partial charge on any atom is 0.417 e. The molecule has 0 aromatic heterocycles. The molecule has 2 aromatic rings. The number of aliphatic hydroxyl groups is 1. The Morgan fingerprint density at radius 1 is 1.12 bits per heavy atom. The van der Waals surface area contributed by atoms with Crippen LogP contribution in [0, 0.1) is 11.3 Å². The van der Waals surface area contributed by atoms with Crippen LogP contribution in [0.2, 0.25) is 0 Å². The van der Waals surface area contributed by atoms with Crippen LogP contribution in [-0.4, -0.2) is 18.3 Å². The second-order valence-electron chi connectivity index (χ2n) is 5.37. The molecule has 0 radical (unpaired) electrons. The molecule has 0 saturated heterocycles. The Morgan fingerprint density at radius 3 is 2.42 bits per heavy atom. The van der Waals surface area contributed by atoms with Crippen molar-refractivity contribution in [1.82, 2.24) is 0 Å². The SMILES string of the molecule is N#Cc1ccc(NCC(CCO)c2ccccc2)cc1C(F)(F)F. The van der Waals surface area contributed by atoms with E-state index in [1.54, 1.807) is 6.07 Å². The molecule has 0 fully saturated rings. The van der Waals surface area contributed by atoms with E-state index in [1.807, 2.05) is 30.3 Å². The van der Waals surface area contributed by atoms with Crippen LogP contribution in [0.1, 0.15) is 29.0 Å². The van der Waals surface area contributed by atoms with Gasteiger partial charge in [-0.25, -0.2) is 0 Å². The summed E-state index contributed by atoms with van der Waals surface area (Å²) in [4.78, 5) is 0. The third-order valence-corrected chi connectivity index (χ3v) is 3.75. The Hall–Kier alpha value is -2.52. The van der Waals surface area contributed by atoms with Gasteiger partial charge in [0.05, 0.1) is 17.2 Å².